The van der Waals surface area contributed by atoms with Crippen LogP contribution in [0.25, 0.3) is 0 Å². The van der Waals surface area contributed by atoms with Gasteiger partial charge in [-0.1, -0.05) is 24.3 Å². The third-order valence-corrected chi connectivity index (χ3v) is 5.90. The molecule has 1 N–H and O–H groups in total. The Morgan fingerprint density at radius 3 is 2.67 bits per heavy atom. The molecule has 24 heavy (non-hydrogen) atoms. The second-order valence-electron chi connectivity index (χ2n) is 6.95. The average Bonchev–Trinajstić information content (AvgIpc) is 2.73. The number of carbonyl (C=O) groups is 2. The zero-order valence-corrected chi connectivity index (χ0v) is 15.2. The minimum absolute atomic E-state index is 0.0528. The van der Waals surface area contributed by atoms with Crippen LogP contribution in [0, 0.1) is 0 Å². The highest BCUT2D eigenvalue weighted by Gasteiger charge is 2.55. The Morgan fingerprint density at radius 1 is 1.38 bits per heavy atom. The molecule has 1 aromatic rings. The maximum absolute atomic E-state index is 13.1. The Labute approximate surface area is 147 Å². The van der Waals surface area contributed by atoms with Crippen LogP contribution in [0.5, 0.6) is 0 Å². The first-order valence-electron chi connectivity index (χ1n) is 8.26. The Kier molecular flexibility index (Phi) is 4.62. The molecule has 130 valence electrons. The summed E-state index contributed by atoms with van der Waals surface area (Å²) in [5.41, 5.74) is 1.82. The lowest BCUT2D eigenvalue weighted by Gasteiger charge is -2.42. The van der Waals surface area contributed by atoms with Gasteiger partial charge in [-0.2, -0.15) is 11.8 Å². The van der Waals surface area contributed by atoms with Gasteiger partial charge in [0.2, 0.25) is 5.91 Å². The van der Waals surface area contributed by atoms with E-state index >= 15 is 0 Å². The van der Waals surface area contributed by atoms with Crippen LogP contribution in [-0.2, 0) is 22.6 Å². The van der Waals surface area contributed by atoms with Crippen LogP contribution >= 0.6 is 11.8 Å². The van der Waals surface area contributed by atoms with E-state index in [1.165, 1.54) is 11.1 Å². The standard InChI is InChI=1S/C18H24N2O3S/c1-18(2)19-11-13-7-5-4-6-12(13)10-15(19)16(21)20(18)14(17(22)23)8-9-24-3/h4-7,14-15H,8-11H2,1-3H3,(H,22,23)/t14-,15-/m0/s1. The maximum atomic E-state index is 13.1. The van der Waals surface area contributed by atoms with Gasteiger partial charge in [0.05, 0.1) is 11.7 Å². The molecular weight excluding hydrogens is 324 g/mol. The van der Waals surface area contributed by atoms with Crippen LogP contribution in [-0.4, -0.2) is 56.5 Å². The number of hydrogen-bond donors (Lipinski definition) is 1. The lowest BCUT2D eigenvalue weighted by Crippen LogP contribution is -2.56. The Morgan fingerprint density at radius 2 is 2.04 bits per heavy atom. The topological polar surface area (TPSA) is 60.9 Å². The molecule has 0 unspecified atom stereocenters. The number of aliphatic carboxylic acids is 1. The number of carboxylic acids is 1. The number of thioether (sulfide) groups is 1. The predicted molar refractivity (Wildman–Crippen MR) is 94.8 cm³/mol. The van der Waals surface area contributed by atoms with Gasteiger partial charge in [0.15, 0.2) is 0 Å². The molecule has 3 rings (SSSR count). The van der Waals surface area contributed by atoms with E-state index in [0.29, 0.717) is 19.4 Å². The van der Waals surface area contributed by atoms with Gasteiger partial charge in [-0.05, 0) is 49.8 Å². The van der Waals surface area contributed by atoms with Crippen molar-refractivity contribution >= 4 is 23.6 Å². The summed E-state index contributed by atoms with van der Waals surface area (Å²) < 4.78 is 0. The van der Waals surface area contributed by atoms with Gasteiger partial charge in [-0.3, -0.25) is 9.69 Å². The number of amides is 1. The van der Waals surface area contributed by atoms with Gasteiger partial charge in [-0.25, -0.2) is 4.79 Å². The van der Waals surface area contributed by atoms with Crippen molar-refractivity contribution in [3.8, 4) is 0 Å². The molecule has 1 aromatic carbocycles. The van der Waals surface area contributed by atoms with Gasteiger partial charge in [0.25, 0.3) is 0 Å². The second kappa shape index (κ2) is 6.41. The molecule has 1 fully saturated rings. The van der Waals surface area contributed by atoms with Crippen molar-refractivity contribution < 1.29 is 14.7 Å². The molecule has 1 amide bonds. The molecule has 2 aliphatic rings. The normalized spacial score (nSPS) is 23.7. The first-order chi connectivity index (χ1) is 11.4. The summed E-state index contributed by atoms with van der Waals surface area (Å²) in [7, 11) is 0. The van der Waals surface area contributed by atoms with Gasteiger partial charge < -0.3 is 10.0 Å². The third-order valence-electron chi connectivity index (χ3n) is 5.26. The number of benzene rings is 1. The van der Waals surface area contributed by atoms with Crippen LogP contribution in [0.15, 0.2) is 24.3 Å². The van der Waals surface area contributed by atoms with E-state index in [0.717, 1.165) is 5.75 Å². The van der Waals surface area contributed by atoms with Crippen molar-refractivity contribution in [1.82, 2.24) is 9.80 Å². The fourth-order valence-electron chi connectivity index (χ4n) is 4.01. The van der Waals surface area contributed by atoms with Crippen molar-refractivity contribution in [3.63, 3.8) is 0 Å². The molecule has 1 saturated heterocycles. The first-order valence-corrected chi connectivity index (χ1v) is 9.65. The van der Waals surface area contributed by atoms with Crippen molar-refractivity contribution in [1.29, 1.82) is 0 Å². The van der Waals surface area contributed by atoms with Crippen molar-refractivity contribution in [3.05, 3.63) is 35.4 Å². The number of nitrogens with zero attached hydrogens (tertiary/aromatic N) is 2. The summed E-state index contributed by atoms with van der Waals surface area (Å²) in [4.78, 5) is 28.7. The quantitative estimate of drug-likeness (QED) is 0.884. The number of carboxylic acid groups (broad SMARTS) is 1. The highest BCUT2D eigenvalue weighted by molar-refractivity contribution is 7.98. The molecule has 2 heterocycles. The summed E-state index contributed by atoms with van der Waals surface area (Å²) in [6.07, 6.45) is 3.08. The minimum Gasteiger partial charge on any atom is -0.480 e. The van der Waals surface area contributed by atoms with Crippen molar-refractivity contribution in [2.24, 2.45) is 0 Å². The van der Waals surface area contributed by atoms with E-state index in [-0.39, 0.29) is 11.9 Å². The molecule has 2 aliphatic heterocycles. The maximum Gasteiger partial charge on any atom is 0.326 e. The van der Waals surface area contributed by atoms with E-state index in [1.54, 1.807) is 16.7 Å². The van der Waals surface area contributed by atoms with Crippen LogP contribution in [0.2, 0.25) is 0 Å². The molecule has 0 aromatic heterocycles. The second-order valence-corrected chi connectivity index (χ2v) is 7.94. The molecule has 0 spiro atoms. The zero-order valence-electron chi connectivity index (χ0n) is 14.4. The minimum atomic E-state index is -0.914. The number of fused-ring (bicyclic) bond motifs is 2. The molecule has 0 saturated carbocycles. The van der Waals surface area contributed by atoms with Gasteiger partial charge in [0.1, 0.15) is 6.04 Å². The molecule has 6 heteroatoms. The van der Waals surface area contributed by atoms with Gasteiger partial charge in [-0.15, -0.1) is 0 Å². The fourth-order valence-corrected chi connectivity index (χ4v) is 4.47. The zero-order chi connectivity index (χ0) is 17.5. The summed E-state index contributed by atoms with van der Waals surface area (Å²) in [6, 6.07) is 7.14. The fraction of sp³-hybridized carbons (Fsp3) is 0.556. The Balaban J connectivity index is 1.94. The summed E-state index contributed by atoms with van der Waals surface area (Å²) in [6.45, 7) is 4.62. The summed E-state index contributed by atoms with van der Waals surface area (Å²) >= 11 is 1.61. The van der Waals surface area contributed by atoms with Crippen LogP contribution in [0.1, 0.15) is 31.4 Å². The Hall–Kier alpha value is -1.53. The SMILES string of the molecule is CSCC[C@@H](C(=O)O)N1C(=O)[C@@H]2Cc3ccccc3CN2C1(C)C. The van der Waals surface area contributed by atoms with Crippen molar-refractivity contribution in [2.45, 2.75) is 51.0 Å². The summed E-state index contributed by atoms with van der Waals surface area (Å²) in [5.74, 6) is -0.243. The highest BCUT2D eigenvalue weighted by Crippen LogP contribution is 2.40. The molecule has 0 aliphatic carbocycles. The Bertz CT molecular complexity index is 661. The smallest absolute Gasteiger partial charge is 0.326 e. The third kappa shape index (κ3) is 2.71. The first kappa shape index (κ1) is 17.3. The number of carbonyl (C=O) groups excluding carboxylic acids is 1. The average molecular weight is 348 g/mol. The van der Waals surface area contributed by atoms with E-state index in [1.807, 2.05) is 32.2 Å². The highest BCUT2D eigenvalue weighted by atomic mass is 32.2. The summed E-state index contributed by atoms with van der Waals surface area (Å²) in [5, 5.41) is 9.70. The van der Waals surface area contributed by atoms with Gasteiger partial charge >= 0.3 is 5.97 Å². The van der Waals surface area contributed by atoms with Crippen molar-refractivity contribution in [2.75, 3.05) is 12.0 Å². The van der Waals surface area contributed by atoms with Gasteiger partial charge in [0, 0.05) is 6.54 Å². The molecule has 5 nitrogen and oxygen atoms in total. The van der Waals surface area contributed by atoms with E-state index in [2.05, 4.69) is 17.0 Å². The van der Waals surface area contributed by atoms with Crippen LogP contribution in [0.3, 0.4) is 0 Å². The molecule has 2 atom stereocenters. The number of rotatable bonds is 5. The predicted octanol–water partition coefficient (Wildman–Crippen LogP) is 2.20. The number of hydrogen-bond acceptors (Lipinski definition) is 4. The van der Waals surface area contributed by atoms with E-state index in [4.69, 9.17) is 0 Å². The van der Waals surface area contributed by atoms with E-state index < -0.39 is 17.7 Å². The molecule has 0 radical (unpaired) electrons. The largest absolute Gasteiger partial charge is 0.480 e. The van der Waals surface area contributed by atoms with Crippen LogP contribution in [0.4, 0.5) is 0 Å². The molecular formula is C18H24N2O3S. The monoisotopic (exact) mass is 348 g/mol. The lowest BCUT2D eigenvalue weighted by molar-refractivity contribution is -0.153. The van der Waals surface area contributed by atoms with Crippen LogP contribution < -0.4 is 0 Å². The van der Waals surface area contributed by atoms with E-state index in [9.17, 15) is 14.7 Å². The molecule has 0 bridgehead atoms. The lowest BCUT2D eigenvalue weighted by atomic mass is 9.94.